The Labute approximate surface area is 167 Å². The summed E-state index contributed by atoms with van der Waals surface area (Å²) in [6.07, 6.45) is 11.6. The van der Waals surface area contributed by atoms with Gasteiger partial charge in [0.05, 0.1) is 4.91 Å². The first-order chi connectivity index (χ1) is 13.9. The molecule has 7 nitrogen and oxygen atoms in total. The molecule has 3 N–H and O–H groups in total. The molecule has 0 bridgehead atoms. The number of carboxylic acid groups (broad SMARTS) is 2. The van der Waals surface area contributed by atoms with Gasteiger partial charge in [-0.05, 0) is 35.4 Å². The second-order valence-corrected chi connectivity index (χ2v) is 5.73. The molecule has 29 heavy (non-hydrogen) atoms. The molecule has 0 aromatic heterocycles. The average Bonchev–Trinajstić information content (AvgIpc) is 2.70. The summed E-state index contributed by atoms with van der Waals surface area (Å²) in [6.45, 7) is 0. The molecule has 0 aliphatic heterocycles. The normalized spacial score (nSPS) is 11.6. The lowest BCUT2D eigenvalue weighted by atomic mass is 10.2. The van der Waals surface area contributed by atoms with E-state index in [0.717, 1.165) is 23.3 Å². The summed E-state index contributed by atoms with van der Waals surface area (Å²) >= 11 is 0. The number of carbonyl (C=O) groups is 2. The van der Waals surface area contributed by atoms with Crippen molar-refractivity contribution in [1.29, 1.82) is 0 Å². The van der Waals surface area contributed by atoms with Gasteiger partial charge in [-0.15, -0.1) is 5.43 Å². The number of nitrogens with zero attached hydrogens (tertiary/aromatic N) is 1. The summed E-state index contributed by atoms with van der Waals surface area (Å²) in [5.41, 5.74) is 5.41. The Balaban J connectivity index is 1.94. The molecule has 2 aromatic rings. The van der Waals surface area contributed by atoms with Crippen LogP contribution in [0.3, 0.4) is 0 Å². The summed E-state index contributed by atoms with van der Waals surface area (Å²) in [7, 11) is 0. The van der Waals surface area contributed by atoms with E-state index in [4.69, 9.17) is 10.2 Å². The maximum absolute atomic E-state index is 12.3. The first-order valence-electron chi connectivity index (χ1n) is 8.53. The molecular formula is C22H19N2O5+. The van der Waals surface area contributed by atoms with Gasteiger partial charge in [-0.3, -0.25) is 0 Å². The number of hydrazine groups is 1. The Morgan fingerprint density at radius 3 is 1.62 bits per heavy atom. The third-order valence-corrected chi connectivity index (χ3v) is 3.55. The number of nitroso groups, excluding NO2 is 1. The van der Waals surface area contributed by atoms with Crippen LogP contribution in [0.2, 0.25) is 0 Å². The molecule has 2 rings (SSSR count). The van der Waals surface area contributed by atoms with Crippen molar-refractivity contribution in [2.45, 2.75) is 0 Å². The van der Waals surface area contributed by atoms with Gasteiger partial charge in [0, 0.05) is 24.3 Å². The van der Waals surface area contributed by atoms with Gasteiger partial charge < -0.3 is 10.2 Å². The maximum atomic E-state index is 12.3. The molecule has 7 heteroatoms. The molecule has 0 aliphatic carbocycles. The lowest BCUT2D eigenvalue weighted by Crippen LogP contribution is -2.10. The molecule has 0 fully saturated rings. The monoisotopic (exact) mass is 391 g/mol. The molecule has 0 unspecified atom stereocenters. The van der Waals surface area contributed by atoms with Crippen molar-refractivity contribution in [2.24, 2.45) is 0 Å². The van der Waals surface area contributed by atoms with Crippen molar-refractivity contribution >= 4 is 35.5 Å². The summed E-state index contributed by atoms with van der Waals surface area (Å²) in [5.74, 6) is -2.03. The minimum atomic E-state index is -1.02. The Kier molecular flexibility index (Phi) is 7.83. The van der Waals surface area contributed by atoms with Crippen molar-refractivity contribution in [3.63, 3.8) is 0 Å². The second kappa shape index (κ2) is 10.8. The number of allylic oxidation sites excluding steroid dienone is 4. The molecule has 0 amide bonds. The number of hydrogen-bond acceptors (Lipinski definition) is 3. The van der Waals surface area contributed by atoms with E-state index in [1.165, 1.54) is 12.2 Å². The molecule has 0 saturated heterocycles. The van der Waals surface area contributed by atoms with Crippen LogP contribution in [-0.2, 0) is 9.59 Å². The summed E-state index contributed by atoms with van der Waals surface area (Å²) in [6, 6.07) is 13.8. The van der Waals surface area contributed by atoms with Gasteiger partial charge in [0.1, 0.15) is 5.69 Å². The molecule has 0 atom stereocenters. The van der Waals surface area contributed by atoms with E-state index in [9.17, 15) is 14.5 Å². The standard InChI is InChI=1S/C22H18N2O5/c25-21(26)7-3-1-5-17-9-13-19(14-10-17)23-24(29)20-15-11-18(12-16-20)6-2-4-8-22(27)28/h1-16H,(H2-,23,25,26,27,28,29)/p+1/b5-1+,6-2+,7-3+,8-4+. The van der Waals surface area contributed by atoms with E-state index in [1.54, 1.807) is 72.8 Å². The van der Waals surface area contributed by atoms with Crippen molar-refractivity contribution in [1.82, 2.24) is 0 Å². The Bertz CT molecular complexity index is 985. The van der Waals surface area contributed by atoms with Crippen LogP contribution in [0, 0.1) is 4.91 Å². The van der Waals surface area contributed by atoms with Gasteiger partial charge in [-0.25, -0.2) is 9.59 Å². The molecule has 146 valence electrons. The largest absolute Gasteiger partial charge is 0.478 e. The number of anilines is 1. The molecule has 0 saturated carbocycles. The minimum absolute atomic E-state index is 0.408. The predicted octanol–water partition coefficient (Wildman–Crippen LogP) is 4.43. The highest BCUT2D eigenvalue weighted by atomic mass is 16.4. The number of carboxylic acids is 2. The summed E-state index contributed by atoms with van der Waals surface area (Å²) in [4.78, 5) is 33.7. The van der Waals surface area contributed by atoms with E-state index < -0.39 is 11.9 Å². The topological polar surface area (TPSA) is 107 Å². The zero-order chi connectivity index (χ0) is 21.1. The van der Waals surface area contributed by atoms with Crippen molar-refractivity contribution < 1.29 is 24.7 Å². The molecule has 0 radical (unpaired) electrons. The first-order valence-corrected chi connectivity index (χ1v) is 8.53. The Morgan fingerprint density at radius 2 is 1.17 bits per heavy atom. The van der Waals surface area contributed by atoms with Gasteiger partial charge in [-0.1, -0.05) is 48.6 Å². The lowest BCUT2D eigenvalue weighted by Gasteiger charge is -1.99. The molecular weight excluding hydrogens is 372 g/mol. The molecule has 2 aromatic carbocycles. The second-order valence-electron chi connectivity index (χ2n) is 5.73. The number of rotatable bonds is 9. The Hall–Kier alpha value is -4.26. The van der Waals surface area contributed by atoms with Gasteiger partial charge >= 0.3 is 11.9 Å². The summed E-state index contributed by atoms with van der Waals surface area (Å²) in [5, 5.41) is 17.0. The van der Waals surface area contributed by atoms with Crippen molar-refractivity contribution in [3.05, 3.63) is 101 Å². The highest BCUT2D eigenvalue weighted by molar-refractivity contribution is 5.80. The van der Waals surface area contributed by atoms with Gasteiger partial charge in [0.2, 0.25) is 0 Å². The quantitative estimate of drug-likeness (QED) is 0.253. The fraction of sp³-hybridized carbons (Fsp3) is 0. The van der Waals surface area contributed by atoms with Crippen LogP contribution in [0.25, 0.3) is 12.2 Å². The number of nitrogens with one attached hydrogen (secondary N) is 1. The predicted molar refractivity (Wildman–Crippen MR) is 111 cm³/mol. The van der Waals surface area contributed by atoms with Crippen molar-refractivity contribution in [3.8, 4) is 0 Å². The van der Waals surface area contributed by atoms with Gasteiger partial charge in [-0.2, -0.15) is 0 Å². The van der Waals surface area contributed by atoms with Gasteiger partial charge in [0.15, 0.2) is 4.87 Å². The zero-order valence-corrected chi connectivity index (χ0v) is 15.3. The van der Waals surface area contributed by atoms with Crippen LogP contribution in [0.15, 0.2) is 85.0 Å². The van der Waals surface area contributed by atoms with Crippen LogP contribution in [0.5, 0.6) is 0 Å². The average molecular weight is 391 g/mol. The third-order valence-electron chi connectivity index (χ3n) is 3.55. The highest BCUT2D eigenvalue weighted by Gasteiger charge is 2.13. The zero-order valence-electron chi connectivity index (χ0n) is 15.3. The smallest absolute Gasteiger partial charge is 0.328 e. The van der Waals surface area contributed by atoms with E-state index in [2.05, 4.69) is 5.43 Å². The Morgan fingerprint density at radius 1 is 0.724 bits per heavy atom. The van der Waals surface area contributed by atoms with Gasteiger partial charge in [0.25, 0.3) is 5.69 Å². The van der Waals surface area contributed by atoms with E-state index >= 15 is 0 Å². The van der Waals surface area contributed by atoms with Crippen LogP contribution >= 0.6 is 0 Å². The fourth-order valence-corrected chi connectivity index (χ4v) is 2.18. The van der Waals surface area contributed by atoms with Crippen LogP contribution in [0.4, 0.5) is 11.4 Å². The van der Waals surface area contributed by atoms with Crippen LogP contribution in [-0.4, -0.2) is 27.0 Å². The van der Waals surface area contributed by atoms with E-state index in [1.807, 2.05) is 0 Å². The van der Waals surface area contributed by atoms with Crippen molar-refractivity contribution in [2.75, 3.05) is 5.43 Å². The SMILES string of the molecule is O=C(O)/C=C/C=C/c1ccc(N[N+](=O)c2ccc(/C=C/C=C/C(=O)O)cc2)cc1. The summed E-state index contributed by atoms with van der Waals surface area (Å²) < 4.78 is 0. The minimum Gasteiger partial charge on any atom is -0.478 e. The van der Waals surface area contributed by atoms with E-state index in [-0.39, 0.29) is 0 Å². The number of benzene rings is 2. The molecule has 0 aliphatic rings. The highest BCUT2D eigenvalue weighted by Crippen LogP contribution is 2.17. The number of hydrogen-bond donors (Lipinski definition) is 3. The third kappa shape index (κ3) is 7.88. The maximum Gasteiger partial charge on any atom is 0.328 e. The first kappa shape index (κ1) is 21.0. The molecule has 0 heterocycles. The van der Waals surface area contributed by atoms with Crippen LogP contribution < -0.4 is 5.43 Å². The van der Waals surface area contributed by atoms with E-state index in [0.29, 0.717) is 16.2 Å². The molecule has 0 spiro atoms. The number of aliphatic carboxylic acids is 2. The fourth-order valence-electron chi connectivity index (χ4n) is 2.18. The van der Waals surface area contributed by atoms with Crippen LogP contribution in [0.1, 0.15) is 11.1 Å². The lowest BCUT2D eigenvalue weighted by molar-refractivity contribution is -0.427.